The molecule has 0 bridgehead atoms. The lowest BCUT2D eigenvalue weighted by atomic mass is 10.1. The summed E-state index contributed by atoms with van der Waals surface area (Å²) >= 11 is 12.3. The van der Waals surface area contributed by atoms with Crippen LogP contribution in [0, 0.1) is 5.92 Å². The summed E-state index contributed by atoms with van der Waals surface area (Å²) in [4.78, 5) is 12.7. The Kier molecular flexibility index (Phi) is 4.71. The zero-order valence-electron chi connectivity index (χ0n) is 13.7. The van der Waals surface area contributed by atoms with Crippen molar-refractivity contribution in [1.82, 2.24) is 15.1 Å². The first-order valence-corrected chi connectivity index (χ1v) is 9.28. The molecule has 1 amide bonds. The van der Waals surface area contributed by atoms with E-state index < -0.39 is 0 Å². The first kappa shape index (κ1) is 16.9. The number of benzene rings is 1. The highest BCUT2D eigenvalue weighted by molar-refractivity contribution is 6.35. The van der Waals surface area contributed by atoms with Gasteiger partial charge < -0.3 is 10.1 Å². The van der Waals surface area contributed by atoms with Gasteiger partial charge in [0.15, 0.2) is 0 Å². The molecule has 2 heterocycles. The second-order valence-corrected chi connectivity index (χ2v) is 7.51. The average Bonchev–Trinajstić information content (AvgIpc) is 3.12. The van der Waals surface area contributed by atoms with E-state index in [4.69, 9.17) is 27.9 Å². The first-order valence-electron chi connectivity index (χ1n) is 8.53. The topological polar surface area (TPSA) is 56.1 Å². The smallest absolute Gasteiger partial charge is 0.254 e. The summed E-state index contributed by atoms with van der Waals surface area (Å²) in [7, 11) is 0. The van der Waals surface area contributed by atoms with E-state index in [-0.39, 0.29) is 5.91 Å². The van der Waals surface area contributed by atoms with E-state index in [0.29, 0.717) is 34.0 Å². The van der Waals surface area contributed by atoms with Gasteiger partial charge in [-0.05, 0) is 37.5 Å². The van der Waals surface area contributed by atoms with Crippen LogP contribution in [0.25, 0.3) is 5.69 Å². The van der Waals surface area contributed by atoms with Crippen LogP contribution < -0.4 is 5.32 Å². The minimum Gasteiger partial charge on any atom is -0.381 e. The summed E-state index contributed by atoms with van der Waals surface area (Å²) in [5.74, 6) is 0.670. The molecule has 4 rings (SSSR count). The van der Waals surface area contributed by atoms with Crippen molar-refractivity contribution in [2.45, 2.75) is 25.2 Å². The summed E-state index contributed by atoms with van der Waals surface area (Å²) in [6.07, 6.45) is 4.76. The lowest BCUT2D eigenvalue weighted by molar-refractivity contribution is 0.0944. The fourth-order valence-corrected chi connectivity index (χ4v) is 3.69. The minimum absolute atomic E-state index is 0.0786. The predicted octanol–water partition coefficient (Wildman–Crippen LogP) is 3.82. The van der Waals surface area contributed by atoms with Crippen LogP contribution in [-0.2, 0) is 4.74 Å². The normalized spacial score (nSPS) is 20.0. The number of carbonyl (C=O) groups is 1. The Hall–Kier alpha value is -1.56. The van der Waals surface area contributed by atoms with Crippen LogP contribution in [-0.4, -0.2) is 35.4 Å². The van der Waals surface area contributed by atoms with Crippen molar-refractivity contribution in [1.29, 1.82) is 0 Å². The molecule has 1 saturated carbocycles. The zero-order valence-corrected chi connectivity index (χ0v) is 15.2. The third-order valence-electron chi connectivity index (χ3n) is 4.73. The minimum atomic E-state index is -0.0786. The summed E-state index contributed by atoms with van der Waals surface area (Å²) in [6, 6.07) is 5.30. The first-order chi connectivity index (χ1) is 12.1. The molecule has 1 aliphatic heterocycles. The number of nitrogens with one attached hydrogen (secondary N) is 1. The van der Waals surface area contributed by atoms with Gasteiger partial charge in [0.2, 0.25) is 0 Å². The second kappa shape index (κ2) is 6.98. The second-order valence-electron chi connectivity index (χ2n) is 6.66. The van der Waals surface area contributed by atoms with E-state index in [0.717, 1.165) is 43.9 Å². The Morgan fingerprint density at radius 3 is 2.84 bits per heavy atom. The number of amides is 1. The largest absolute Gasteiger partial charge is 0.381 e. The molecule has 7 heteroatoms. The Balaban J connectivity index is 1.60. The Morgan fingerprint density at radius 1 is 1.32 bits per heavy atom. The van der Waals surface area contributed by atoms with Crippen molar-refractivity contribution < 1.29 is 9.53 Å². The maximum Gasteiger partial charge on any atom is 0.254 e. The number of ether oxygens (including phenoxy) is 1. The molecule has 1 aliphatic carbocycles. The van der Waals surface area contributed by atoms with Crippen molar-refractivity contribution in [2.75, 3.05) is 19.8 Å². The summed E-state index contributed by atoms with van der Waals surface area (Å²) < 4.78 is 7.14. The van der Waals surface area contributed by atoms with Crippen LogP contribution in [0.1, 0.15) is 41.2 Å². The summed E-state index contributed by atoms with van der Waals surface area (Å²) in [5, 5.41) is 8.56. The van der Waals surface area contributed by atoms with Gasteiger partial charge in [-0.15, -0.1) is 0 Å². The van der Waals surface area contributed by atoms with E-state index in [9.17, 15) is 4.79 Å². The van der Waals surface area contributed by atoms with E-state index >= 15 is 0 Å². The van der Waals surface area contributed by atoms with Gasteiger partial charge in [0.1, 0.15) is 0 Å². The van der Waals surface area contributed by atoms with Crippen LogP contribution in [0.4, 0.5) is 0 Å². The zero-order chi connectivity index (χ0) is 17.4. The molecule has 132 valence electrons. The maximum atomic E-state index is 12.7. The van der Waals surface area contributed by atoms with Crippen molar-refractivity contribution in [2.24, 2.45) is 5.92 Å². The third-order valence-corrected chi connectivity index (χ3v) is 5.27. The quantitative estimate of drug-likeness (QED) is 0.858. The van der Waals surface area contributed by atoms with Crippen molar-refractivity contribution in [3.63, 3.8) is 0 Å². The van der Waals surface area contributed by atoms with Gasteiger partial charge in [0, 0.05) is 30.0 Å². The van der Waals surface area contributed by atoms with Gasteiger partial charge in [0.25, 0.3) is 5.91 Å². The summed E-state index contributed by atoms with van der Waals surface area (Å²) in [6.45, 7) is 2.13. The molecule has 1 aromatic heterocycles. The number of carbonyl (C=O) groups excluding carboxylic acids is 1. The Bertz CT molecular complexity index is 796. The molecular weight excluding hydrogens is 361 g/mol. The molecule has 2 aliphatic rings. The molecule has 1 N–H and O–H groups in total. The van der Waals surface area contributed by atoms with Gasteiger partial charge in [-0.2, -0.15) is 5.10 Å². The molecule has 1 saturated heterocycles. The van der Waals surface area contributed by atoms with Crippen LogP contribution in [0.2, 0.25) is 10.0 Å². The Labute approximate surface area is 156 Å². The molecule has 0 spiro atoms. The fourth-order valence-electron chi connectivity index (χ4n) is 3.20. The SMILES string of the molecule is O=C(NC[C@@H]1CCOC1)c1cnn(-c2ccc(Cl)cc2Cl)c1C1CC1. The number of rotatable bonds is 5. The highest BCUT2D eigenvalue weighted by atomic mass is 35.5. The number of halogens is 2. The highest BCUT2D eigenvalue weighted by Gasteiger charge is 2.33. The number of hydrogen-bond acceptors (Lipinski definition) is 3. The standard InChI is InChI=1S/C18H19Cl2N3O2/c19-13-3-4-16(15(20)7-13)23-17(12-1-2-12)14(9-22-23)18(24)21-8-11-5-6-25-10-11/h3-4,7,9,11-12H,1-2,5-6,8,10H2,(H,21,24)/t11-/m0/s1. The van der Waals surface area contributed by atoms with Crippen molar-refractivity contribution in [3.05, 3.63) is 45.7 Å². The van der Waals surface area contributed by atoms with Crippen LogP contribution in [0.5, 0.6) is 0 Å². The van der Waals surface area contributed by atoms with Gasteiger partial charge in [0.05, 0.1) is 34.8 Å². The molecule has 2 aromatic rings. The van der Waals surface area contributed by atoms with Gasteiger partial charge in [-0.1, -0.05) is 23.2 Å². The molecule has 1 aromatic carbocycles. The number of aromatic nitrogens is 2. The van der Waals surface area contributed by atoms with E-state index in [1.54, 1.807) is 23.0 Å². The molecular formula is C18H19Cl2N3O2. The molecule has 5 nitrogen and oxygen atoms in total. The molecule has 1 atom stereocenters. The molecule has 25 heavy (non-hydrogen) atoms. The number of nitrogens with zero attached hydrogens (tertiary/aromatic N) is 2. The van der Waals surface area contributed by atoms with Crippen molar-refractivity contribution >= 4 is 29.1 Å². The van der Waals surface area contributed by atoms with Crippen molar-refractivity contribution in [3.8, 4) is 5.69 Å². The molecule has 0 unspecified atom stereocenters. The average molecular weight is 380 g/mol. The Morgan fingerprint density at radius 2 is 2.16 bits per heavy atom. The van der Waals surface area contributed by atoms with Gasteiger partial charge >= 0.3 is 0 Å². The van der Waals surface area contributed by atoms with E-state index in [2.05, 4.69) is 10.4 Å². The maximum absolute atomic E-state index is 12.7. The molecule has 2 fully saturated rings. The van der Waals surface area contributed by atoms with Gasteiger partial charge in [-0.25, -0.2) is 4.68 Å². The van der Waals surface area contributed by atoms with E-state index in [1.165, 1.54) is 0 Å². The number of hydrogen-bond donors (Lipinski definition) is 1. The predicted molar refractivity (Wildman–Crippen MR) is 96.8 cm³/mol. The summed E-state index contributed by atoms with van der Waals surface area (Å²) in [5.41, 5.74) is 2.31. The lowest BCUT2D eigenvalue weighted by Gasteiger charge is -2.12. The monoisotopic (exact) mass is 379 g/mol. The highest BCUT2D eigenvalue weighted by Crippen LogP contribution is 2.43. The lowest BCUT2D eigenvalue weighted by Crippen LogP contribution is -2.30. The molecule has 0 radical (unpaired) electrons. The van der Waals surface area contributed by atoms with Crippen LogP contribution in [0.3, 0.4) is 0 Å². The van der Waals surface area contributed by atoms with Crippen LogP contribution in [0.15, 0.2) is 24.4 Å². The van der Waals surface area contributed by atoms with E-state index in [1.807, 2.05) is 6.07 Å². The third kappa shape index (κ3) is 3.54. The van der Waals surface area contributed by atoms with Gasteiger partial charge in [-0.3, -0.25) is 4.79 Å². The fraction of sp³-hybridized carbons (Fsp3) is 0.444. The van der Waals surface area contributed by atoms with Crippen LogP contribution >= 0.6 is 23.2 Å².